The molecule has 0 amide bonds. The average molecular weight is 300 g/mol. The highest BCUT2D eigenvalue weighted by molar-refractivity contribution is 5.64. The molecule has 0 aliphatic heterocycles. The Labute approximate surface area is 132 Å². The fourth-order valence-corrected chi connectivity index (χ4v) is 2.04. The molecule has 1 heterocycles. The number of hydrogen-bond acceptors (Lipinski definition) is 5. The molecule has 1 aromatic heterocycles. The van der Waals surface area contributed by atoms with Gasteiger partial charge in [-0.15, -0.1) is 0 Å². The van der Waals surface area contributed by atoms with Crippen LogP contribution in [0.25, 0.3) is 11.3 Å². The number of benzene rings is 1. The van der Waals surface area contributed by atoms with Crippen molar-refractivity contribution < 1.29 is 4.74 Å². The molecule has 2 aromatic rings. The quantitative estimate of drug-likeness (QED) is 0.695. The number of ether oxygens (including phenoxy) is 1. The average Bonchev–Trinajstić information content (AvgIpc) is 2.57. The van der Waals surface area contributed by atoms with Gasteiger partial charge >= 0.3 is 0 Å². The SMILES string of the molecule is CCCNc1nc(NCCCOC)cc(-c2ccccc2)n1. The van der Waals surface area contributed by atoms with Crippen LogP contribution in [0.4, 0.5) is 11.8 Å². The zero-order valence-electron chi connectivity index (χ0n) is 13.3. The van der Waals surface area contributed by atoms with Gasteiger partial charge in [0.2, 0.25) is 5.95 Å². The monoisotopic (exact) mass is 300 g/mol. The van der Waals surface area contributed by atoms with Gasteiger partial charge in [0.25, 0.3) is 0 Å². The molecular formula is C17H24N4O. The molecule has 0 aliphatic carbocycles. The summed E-state index contributed by atoms with van der Waals surface area (Å²) in [6.07, 6.45) is 1.98. The number of hydrogen-bond donors (Lipinski definition) is 2. The summed E-state index contributed by atoms with van der Waals surface area (Å²) in [5, 5.41) is 6.59. The first kappa shape index (κ1) is 16.2. The minimum atomic E-state index is 0.664. The van der Waals surface area contributed by atoms with Crippen LogP contribution in [0.15, 0.2) is 36.4 Å². The van der Waals surface area contributed by atoms with E-state index in [1.807, 2.05) is 24.3 Å². The Hall–Kier alpha value is -2.14. The van der Waals surface area contributed by atoms with Crippen LogP contribution in [0.2, 0.25) is 0 Å². The Morgan fingerprint density at radius 2 is 1.86 bits per heavy atom. The van der Waals surface area contributed by atoms with Crippen molar-refractivity contribution in [1.82, 2.24) is 9.97 Å². The topological polar surface area (TPSA) is 59.1 Å². The molecule has 2 N–H and O–H groups in total. The maximum Gasteiger partial charge on any atom is 0.225 e. The third-order valence-electron chi connectivity index (χ3n) is 3.16. The van der Waals surface area contributed by atoms with Gasteiger partial charge in [-0.05, 0) is 12.8 Å². The van der Waals surface area contributed by atoms with Crippen molar-refractivity contribution in [2.24, 2.45) is 0 Å². The first-order valence-corrected chi connectivity index (χ1v) is 7.74. The van der Waals surface area contributed by atoms with Gasteiger partial charge in [-0.1, -0.05) is 37.3 Å². The largest absolute Gasteiger partial charge is 0.385 e. The predicted molar refractivity (Wildman–Crippen MR) is 91.2 cm³/mol. The molecule has 0 saturated carbocycles. The highest BCUT2D eigenvalue weighted by Crippen LogP contribution is 2.21. The van der Waals surface area contributed by atoms with Gasteiger partial charge < -0.3 is 15.4 Å². The summed E-state index contributed by atoms with van der Waals surface area (Å²) in [6.45, 7) is 4.55. The second kappa shape index (κ2) is 9.00. The smallest absolute Gasteiger partial charge is 0.225 e. The van der Waals surface area contributed by atoms with Gasteiger partial charge in [0.15, 0.2) is 0 Å². The molecule has 5 nitrogen and oxygen atoms in total. The fourth-order valence-electron chi connectivity index (χ4n) is 2.04. The zero-order valence-corrected chi connectivity index (χ0v) is 13.3. The molecule has 0 bridgehead atoms. The van der Waals surface area contributed by atoms with Crippen molar-refractivity contribution in [2.75, 3.05) is 37.4 Å². The van der Waals surface area contributed by atoms with Crippen LogP contribution >= 0.6 is 0 Å². The summed E-state index contributed by atoms with van der Waals surface area (Å²) in [5.74, 6) is 1.50. The lowest BCUT2D eigenvalue weighted by atomic mass is 10.1. The molecule has 22 heavy (non-hydrogen) atoms. The van der Waals surface area contributed by atoms with Crippen molar-refractivity contribution in [2.45, 2.75) is 19.8 Å². The van der Waals surface area contributed by atoms with Crippen LogP contribution in [-0.4, -0.2) is 36.8 Å². The summed E-state index contributed by atoms with van der Waals surface area (Å²) in [4.78, 5) is 9.12. The molecular weight excluding hydrogens is 276 g/mol. The lowest BCUT2D eigenvalue weighted by Gasteiger charge is -2.11. The summed E-state index contributed by atoms with van der Waals surface area (Å²) >= 11 is 0. The number of rotatable bonds is 9. The minimum absolute atomic E-state index is 0.664. The molecule has 2 rings (SSSR count). The number of nitrogens with zero attached hydrogens (tertiary/aromatic N) is 2. The molecule has 5 heteroatoms. The molecule has 0 fully saturated rings. The first-order chi connectivity index (χ1) is 10.8. The maximum absolute atomic E-state index is 5.06. The molecule has 0 atom stereocenters. The molecule has 118 valence electrons. The maximum atomic E-state index is 5.06. The highest BCUT2D eigenvalue weighted by atomic mass is 16.5. The third-order valence-corrected chi connectivity index (χ3v) is 3.16. The number of nitrogens with one attached hydrogen (secondary N) is 2. The number of methoxy groups -OCH3 is 1. The Morgan fingerprint density at radius 3 is 2.59 bits per heavy atom. The van der Waals surface area contributed by atoms with E-state index in [2.05, 4.69) is 39.7 Å². The van der Waals surface area contributed by atoms with Crippen molar-refractivity contribution >= 4 is 11.8 Å². The van der Waals surface area contributed by atoms with Crippen molar-refractivity contribution in [1.29, 1.82) is 0 Å². The molecule has 0 aliphatic rings. The van der Waals surface area contributed by atoms with E-state index in [1.165, 1.54) is 0 Å². The van der Waals surface area contributed by atoms with Crippen molar-refractivity contribution in [3.05, 3.63) is 36.4 Å². The Balaban J connectivity index is 2.17. The third kappa shape index (κ3) is 5.00. The molecule has 0 radical (unpaired) electrons. The van der Waals surface area contributed by atoms with E-state index in [-0.39, 0.29) is 0 Å². The molecule has 0 saturated heterocycles. The van der Waals surface area contributed by atoms with Crippen LogP contribution in [0.5, 0.6) is 0 Å². The summed E-state index contributed by atoms with van der Waals surface area (Å²) in [7, 11) is 1.71. The first-order valence-electron chi connectivity index (χ1n) is 7.74. The van der Waals surface area contributed by atoms with E-state index >= 15 is 0 Å². The second-order valence-electron chi connectivity index (χ2n) is 5.03. The fraction of sp³-hybridized carbons (Fsp3) is 0.412. The van der Waals surface area contributed by atoms with Gasteiger partial charge in [0.1, 0.15) is 5.82 Å². The Kier molecular flexibility index (Phi) is 6.64. The van der Waals surface area contributed by atoms with Crippen LogP contribution in [0.1, 0.15) is 19.8 Å². The van der Waals surface area contributed by atoms with Crippen LogP contribution in [0.3, 0.4) is 0 Å². The lowest BCUT2D eigenvalue weighted by molar-refractivity contribution is 0.198. The number of anilines is 2. The molecule has 0 unspecified atom stereocenters. The van der Waals surface area contributed by atoms with Crippen molar-refractivity contribution in [3.8, 4) is 11.3 Å². The summed E-state index contributed by atoms with van der Waals surface area (Å²) in [5.41, 5.74) is 2.01. The van der Waals surface area contributed by atoms with Crippen LogP contribution in [-0.2, 0) is 4.74 Å². The Morgan fingerprint density at radius 1 is 1.05 bits per heavy atom. The van der Waals surface area contributed by atoms with E-state index in [0.29, 0.717) is 5.95 Å². The number of aromatic nitrogens is 2. The van der Waals surface area contributed by atoms with E-state index in [9.17, 15) is 0 Å². The Bertz CT molecular complexity index is 560. The highest BCUT2D eigenvalue weighted by Gasteiger charge is 2.06. The van der Waals surface area contributed by atoms with Crippen molar-refractivity contribution in [3.63, 3.8) is 0 Å². The molecule has 0 spiro atoms. The predicted octanol–water partition coefficient (Wildman–Crippen LogP) is 3.41. The van der Waals surface area contributed by atoms with Crippen LogP contribution < -0.4 is 10.6 Å². The van der Waals surface area contributed by atoms with Crippen LogP contribution in [0, 0.1) is 0 Å². The van der Waals surface area contributed by atoms with E-state index < -0.39 is 0 Å². The van der Waals surface area contributed by atoms with Gasteiger partial charge in [-0.2, -0.15) is 4.98 Å². The van der Waals surface area contributed by atoms with E-state index in [4.69, 9.17) is 4.74 Å². The van der Waals surface area contributed by atoms with Gasteiger partial charge in [0.05, 0.1) is 5.69 Å². The standard InChI is InChI=1S/C17H24N4O/c1-3-10-19-17-20-15(14-8-5-4-6-9-14)13-16(21-17)18-11-7-12-22-2/h4-6,8-9,13H,3,7,10-12H2,1-2H3,(H2,18,19,20,21). The summed E-state index contributed by atoms with van der Waals surface area (Å²) in [6, 6.07) is 12.1. The lowest BCUT2D eigenvalue weighted by Crippen LogP contribution is -2.10. The van der Waals surface area contributed by atoms with Gasteiger partial charge in [0, 0.05) is 38.4 Å². The van der Waals surface area contributed by atoms with E-state index in [0.717, 1.165) is 49.6 Å². The summed E-state index contributed by atoms with van der Waals surface area (Å²) < 4.78 is 5.06. The normalized spacial score (nSPS) is 10.5. The minimum Gasteiger partial charge on any atom is -0.385 e. The van der Waals surface area contributed by atoms with E-state index in [1.54, 1.807) is 7.11 Å². The van der Waals surface area contributed by atoms with Gasteiger partial charge in [-0.3, -0.25) is 0 Å². The van der Waals surface area contributed by atoms with Gasteiger partial charge in [-0.25, -0.2) is 4.98 Å². The second-order valence-corrected chi connectivity index (χ2v) is 5.03. The zero-order chi connectivity index (χ0) is 15.6. The molecule has 1 aromatic carbocycles.